The van der Waals surface area contributed by atoms with Crippen molar-refractivity contribution in [3.05, 3.63) is 23.8 Å². The van der Waals surface area contributed by atoms with Crippen molar-refractivity contribution < 1.29 is 19.4 Å². The summed E-state index contributed by atoms with van der Waals surface area (Å²) in [4.78, 5) is 12.2. The van der Waals surface area contributed by atoms with E-state index in [2.05, 4.69) is 4.74 Å². The number of methoxy groups -OCH3 is 1. The molecule has 0 aliphatic heterocycles. The third-order valence-electron chi connectivity index (χ3n) is 1.65. The van der Waals surface area contributed by atoms with E-state index in [9.17, 15) is 4.79 Å². The Labute approximate surface area is 96.0 Å². The summed E-state index contributed by atoms with van der Waals surface area (Å²) < 4.78 is 9.39. The summed E-state index contributed by atoms with van der Waals surface area (Å²) in [7, 11) is 5.49. The van der Waals surface area contributed by atoms with Gasteiger partial charge in [-0.1, -0.05) is 18.2 Å². The highest BCUT2D eigenvalue weighted by Gasteiger charge is 2.00. The zero-order chi connectivity index (χ0) is 12.4. The van der Waals surface area contributed by atoms with Crippen LogP contribution in [-0.4, -0.2) is 57.1 Å². The fourth-order valence-corrected chi connectivity index (χ4v) is 0.954. The summed E-state index contributed by atoms with van der Waals surface area (Å²) in [5, 5.41) is 8.36. The highest BCUT2D eigenvalue weighted by atomic mass is 16.7. The highest BCUT2D eigenvalue weighted by molar-refractivity contribution is 5.57. The van der Waals surface area contributed by atoms with Crippen molar-refractivity contribution in [1.29, 1.82) is 0 Å². The van der Waals surface area contributed by atoms with Gasteiger partial charge >= 0.3 is 6.16 Å². The van der Waals surface area contributed by atoms with Crippen LogP contribution >= 0.6 is 0 Å². The maximum atomic E-state index is 10.2. The lowest BCUT2D eigenvalue weighted by molar-refractivity contribution is 0.0954. The molecule has 0 spiro atoms. The van der Waals surface area contributed by atoms with Crippen LogP contribution in [-0.2, 0) is 9.47 Å². The fourth-order valence-electron chi connectivity index (χ4n) is 0.954. The number of likely N-dealkylation sites (N-methyl/N-ethyl adjacent to an activating group) is 1. The lowest BCUT2D eigenvalue weighted by Crippen LogP contribution is -2.10. The third-order valence-corrected chi connectivity index (χ3v) is 1.65. The maximum absolute atomic E-state index is 10.2. The summed E-state index contributed by atoms with van der Waals surface area (Å²) in [6.07, 6.45) is 4.35. The minimum atomic E-state index is -1.28. The highest BCUT2D eigenvalue weighted by Crippen LogP contribution is 1.98. The van der Waals surface area contributed by atoms with Gasteiger partial charge in [0.1, 0.15) is 6.61 Å². The Morgan fingerprint density at radius 2 is 2.06 bits per heavy atom. The molecule has 0 bridgehead atoms. The van der Waals surface area contributed by atoms with Crippen LogP contribution in [0.1, 0.15) is 0 Å². The van der Waals surface area contributed by atoms with Gasteiger partial charge in [-0.15, -0.1) is 0 Å². The minimum Gasteiger partial charge on any atom is -0.450 e. The summed E-state index contributed by atoms with van der Waals surface area (Å²) in [6, 6.07) is 0. The first-order valence-corrected chi connectivity index (χ1v) is 4.90. The van der Waals surface area contributed by atoms with E-state index in [1.54, 1.807) is 13.2 Å². The number of carbonyl (C=O) groups is 1. The van der Waals surface area contributed by atoms with Crippen molar-refractivity contribution in [3.63, 3.8) is 0 Å². The van der Waals surface area contributed by atoms with Gasteiger partial charge in [-0.25, -0.2) is 4.79 Å². The summed E-state index contributed by atoms with van der Waals surface area (Å²) in [6.45, 7) is 1.23. The first-order chi connectivity index (χ1) is 7.56. The van der Waals surface area contributed by atoms with Gasteiger partial charge in [0.05, 0.1) is 6.61 Å². The Morgan fingerprint density at radius 1 is 1.38 bits per heavy atom. The van der Waals surface area contributed by atoms with Gasteiger partial charge in [-0.05, 0) is 19.7 Å². The van der Waals surface area contributed by atoms with Gasteiger partial charge < -0.3 is 19.5 Å². The van der Waals surface area contributed by atoms with E-state index >= 15 is 0 Å². The molecule has 16 heavy (non-hydrogen) atoms. The lowest BCUT2D eigenvalue weighted by atomic mass is 10.2. The fraction of sp³-hybridized carbons (Fsp3) is 0.545. The zero-order valence-corrected chi connectivity index (χ0v) is 9.97. The van der Waals surface area contributed by atoms with E-state index in [1.165, 1.54) is 0 Å². The van der Waals surface area contributed by atoms with Gasteiger partial charge in [0.2, 0.25) is 0 Å². The van der Waals surface area contributed by atoms with Crippen molar-refractivity contribution in [1.82, 2.24) is 4.90 Å². The standard InChI is InChI=1S/C11H19NO4/c1-12(2)7-5-4-6-10(8-15-3)9-16-11(13)14/h4-6H,7-9H2,1-3H3,(H,13,14). The number of hydrogen-bond acceptors (Lipinski definition) is 4. The number of nitrogens with zero attached hydrogens (tertiary/aromatic N) is 1. The van der Waals surface area contributed by atoms with Crippen LogP contribution in [0.5, 0.6) is 0 Å². The maximum Gasteiger partial charge on any atom is 0.506 e. The van der Waals surface area contributed by atoms with E-state index < -0.39 is 6.16 Å². The average molecular weight is 229 g/mol. The average Bonchev–Trinajstić information content (AvgIpc) is 2.20. The Kier molecular flexibility index (Phi) is 8.19. The minimum absolute atomic E-state index is 0.0372. The Balaban J connectivity index is 4.12. The molecule has 0 saturated heterocycles. The molecular formula is C11H19NO4. The molecule has 5 heteroatoms. The van der Waals surface area contributed by atoms with Crippen molar-refractivity contribution in [2.24, 2.45) is 0 Å². The van der Waals surface area contributed by atoms with Crippen LogP contribution in [0.25, 0.3) is 0 Å². The number of hydrogen-bond donors (Lipinski definition) is 1. The molecule has 0 radical (unpaired) electrons. The van der Waals surface area contributed by atoms with Crippen LogP contribution < -0.4 is 0 Å². The van der Waals surface area contributed by atoms with Crippen molar-refractivity contribution in [2.75, 3.05) is 41.0 Å². The monoisotopic (exact) mass is 229 g/mol. The molecule has 0 aromatic rings. The third kappa shape index (κ3) is 9.23. The molecule has 0 aliphatic carbocycles. The zero-order valence-electron chi connectivity index (χ0n) is 9.97. The van der Waals surface area contributed by atoms with E-state index in [0.29, 0.717) is 6.61 Å². The number of rotatable bonds is 7. The molecule has 0 aromatic carbocycles. The summed E-state index contributed by atoms with van der Waals surface area (Å²) in [5.41, 5.74) is 0.778. The van der Waals surface area contributed by atoms with E-state index in [4.69, 9.17) is 9.84 Å². The van der Waals surface area contributed by atoms with E-state index in [-0.39, 0.29) is 6.61 Å². The predicted octanol–water partition coefficient (Wildman–Crippen LogP) is 1.37. The van der Waals surface area contributed by atoms with E-state index in [1.807, 2.05) is 31.1 Å². The normalized spacial score (nSPS) is 12.4. The van der Waals surface area contributed by atoms with Crippen LogP contribution in [0.3, 0.4) is 0 Å². The number of carboxylic acid groups (broad SMARTS) is 1. The summed E-state index contributed by atoms with van der Waals surface area (Å²) in [5.74, 6) is 0. The number of allylic oxidation sites excluding steroid dienone is 2. The van der Waals surface area contributed by atoms with Crippen LogP contribution in [0, 0.1) is 0 Å². The summed E-state index contributed by atoms with van der Waals surface area (Å²) >= 11 is 0. The Morgan fingerprint density at radius 3 is 2.56 bits per heavy atom. The van der Waals surface area contributed by atoms with Gasteiger partial charge in [-0.2, -0.15) is 0 Å². The molecule has 92 valence electrons. The Hall–Kier alpha value is -1.33. The van der Waals surface area contributed by atoms with Crippen LogP contribution in [0.2, 0.25) is 0 Å². The van der Waals surface area contributed by atoms with Crippen LogP contribution in [0.4, 0.5) is 4.79 Å². The smallest absolute Gasteiger partial charge is 0.450 e. The molecule has 0 amide bonds. The van der Waals surface area contributed by atoms with Crippen molar-refractivity contribution in [2.45, 2.75) is 0 Å². The molecule has 0 heterocycles. The SMILES string of the molecule is COCC(=CC=CCN(C)C)COC(=O)O. The van der Waals surface area contributed by atoms with Gasteiger partial charge in [0.25, 0.3) is 0 Å². The largest absolute Gasteiger partial charge is 0.506 e. The lowest BCUT2D eigenvalue weighted by Gasteiger charge is -2.05. The Bertz CT molecular complexity index is 259. The van der Waals surface area contributed by atoms with Gasteiger partial charge in [0, 0.05) is 13.7 Å². The quantitative estimate of drug-likeness (QED) is 0.528. The molecule has 5 nitrogen and oxygen atoms in total. The molecule has 0 aliphatic rings. The van der Waals surface area contributed by atoms with Crippen molar-refractivity contribution >= 4 is 6.16 Å². The topological polar surface area (TPSA) is 59.0 Å². The molecule has 0 rings (SSSR count). The first kappa shape index (κ1) is 14.7. The van der Waals surface area contributed by atoms with Crippen molar-refractivity contribution in [3.8, 4) is 0 Å². The first-order valence-electron chi connectivity index (χ1n) is 4.90. The second-order valence-electron chi connectivity index (χ2n) is 3.50. The molecule has 0 unspecified atom stereocenters. The molecule has 1 N–H and O–H groups in total. The van der Waals surface area contributed by atoms with Gasteiger partial charge in [-0.3, -0.25) is 0 Å². The van der Waals surface area contributed by atoms with E-state index in [0.717, 1.165) is 12.1 Å². The second-order valence-corrected chi connectivity index (χ2v) is 3.50. The predicted molar refractivity (Wildman–Crippen MR) is 61.6 cm³/mol. The van der Waals surface area contributed by atoms with Crippen LogP contribution in [0.15, 0.2) is 23.8 Å². The molecule has 0 aromatic heterocycles. The second kappa shape index (κ2) is 8.94. The molecule has 0 fully saturated rings. The molecule has 0 saturated carbocycles. The van der Waals surface area contributed by atoms with Gasteiger partial charge in [0.15, 0.2) is 0 Å². The molecule has 0 atom stereocenters. The number of ether oxygens (including phenoxy) is 2. The molecular weight excluding hydrogens is 210 g/mol.